The average Bonchev–Trinajstić information content (AvgIpc) is 2.92. The van der Waals surface area contributed by atoms with Gasteiger partial charge < -0.3 is 19.4 Å². The van der Waals surface area contributed by atoms with E-state index in [2.05, 4.69) is 26.8 Å². The Balaban J connectivity index is 1.68. The van der Waals surface area contributed by atoms with Gasteiger partial charge in [0.15, 0.2) is 23.9 Å². The topological polar surface area (TPSA) is 67.5 Å². The first-order valence-electron chi connectivity index (χ1n) is 13.0. The average molecular weight is 539 g/mol. The van der Waals surface area contributed by atoms with Crippen LogP contribution in [0.3, 0.4) is 0 Å². The molecule has 0 saturated carbocycles. The Morgan fingerprint density at radius 2 is 1.68 bits per heavy atom. The molecule has 204 valence electrons. The third-order valence-corrected chi connectivity index (χ3v) is 6.69. The van der Waals surface area contributed by atoms with Gasteiger partial charge >= 0.3 is 0 Å². The van der Waals surface area contributed by atoms with Crippen LogP contribution in [0.25, 0.3) is 22.2 Å². The SMILES string of the molecule is COc1cc(F)ccc1Oc1cc(C(C)(C)C)cc(C)c1-c1cc(OCc2ccccc2)c2c[n+]([O-])ccc2n1. The molecule has 0 unspecified atom stereocenters. The minimum atomic E-state index is -0.420. The molecule has 7 heteroatoms. The van der Waals surface area contributed by atoms with Crippen molar-refractivity contribution in [3.8, 4) is 34.3 Å². The predicted octanol–water partition coefficient (Wildman–Crippen LogP) is 7.66. The van der Waals surface area contributed by atoms with Gasteiger partial charge in [0.05, 0.1) is 18.3 Å². The molecule has 0 N–H and O–H groups in total. The van der Waals surface area contributed by atoms with Crippen molar-refractivity contribution < 1.29 is 23.3 Å². The molecule has 0 fully saturated rings. The molecule has 5 rings (SSSR count). The fourth-order valence-corrected chi connectivity index (χ4v) is 4.55. The van der Waals surface area contributed by atoms with Gasteiger partial charge in [-0.05, 0) is 47.2 Å². The fourth-order valence-electron chi connectivity index (χ4n) is 4.55. The van der Waals surface area contributed by atoms with Crippen LogP contribution >= 0.6 is 0 Å². The van der Waals surface area contributed by atoms with E-state index < -0.39 is 5.82 Å². The van der Waals surface area contributed by atoms with E-state index in [-0.39, 0.29) is 11.2 Å². The lowest BCUT2D eigenvalue weighted by Crippen LogP contribution is -2.24. The standard InChI is InChI=1S/C33H31FN2O4/c1-21-15-23(33(2,3)4)16-31(40-28-12-11-24(34)17-30(28)38-5)32(21)27-18-29(39-20-22-9-7-6-8-10-22)25-19-36(37)14-13-26(25)35-27/h6-19H,20H2,1-5H3. The second-order valence-electron chi connectivity index (χ2n) is 10.7. The zero-order chi connectivity index (χ0) is 28.4. The fraction of sp³-hybridized carbons (Fsp3) is 0.212. The van der Waals surface area contributed by atoms with E-state index in [4.69, 9.17) is 19.2 Å². The Hall–Kier alpha value is -4.65. The molecule has 0 radical (unpaired) electrons. The number of aromatic nitrogens is 2. The maximum absolute atomic E-state index is 13.9. The van der Waals surface area contributed by atoms with Crippen molar-refractivity contribution in [2.24, 2.45) is 0 Å². The highest BCUT2D eigenvalue weighted by atomic mass is 19.1. The molecule has 0 spiro atoms. The summed E-state index contributed by atoms with van der Waals surface area (Å²) < 4.78 is 32.8. The van der Waals surface area contributed by atoms with Gasteiger partial charge in [0.1, 0.15) is 29.3 Å². The summed E-state index contributed by atoms with van der Waals surface area (Å²) >= 11 is 0. The van der Waals surface area contributed by atoms with Crippen LogP contribution in [0.2, 0.25) is 0 Å². The van der Waals surface area contributed by atoms with E-state index >= 15 is 0 Å². The first kappa shape index (κ1) is 26.9. The summed E-state index contributed by atoms with van der Waals surface area (Å²) in [5, 5.41) is 12.8. The third kappa shape index (κ3) is 5.69. The number of hydrogen-bond acceptors (Lipinski definition) is 5. The van der Waals surface area contributed by atoms with Crippen LogP contribution in [0.4, 0.5) is 4.39 Å². The van der Waals surface area contributed by atoms with Crippen molar-refractivity contribution in [1.82, 2.24) is 4.98 Å². The lowest BCUT2D eigenvalue weighted by Gasteiger charge is -2.24. The van der Waals surface area contributed by atoms with E-state index in [0.29, 0.717) is 40.5 Å². The van der Waals surface area contributed by atoms with E-state index in [1.54, 1.807) is 12.1 Å². The van der Waals surface area contributed by atoms with Crippen LogP contribution in [0.5, 0.6) is 23.0 Å². The predicted molar refractivity (Wildman–Crippen MR) is 153 cm³/mol. The smallest absolute Gasteiger partial charge is 0.193 e. The van der Waals surface area contributed by atoms with Gasteiger partial charge in [-0.3, -0.25) is 0 Å². The van der Waals surface area contributed by atoms with Gasteiger partial charge in [0.2, 0.25) is 0 Å². The van der Waals surface area contributed by atoms with E-state index in [1.165, 1.54) is 31.6 Å². The molecule has 6 nitrogen and oxygen atoms in total. The molecular weight excluding hydrogens is 507 g/mol. The van der Waals surface area contributed by atoms with Crippen molar-refractivity contribution in [2.75, 3.05) is 7.11 Å². The molecule has 0 atom stereocenters. The van der Waals surface area contributed by atoms with Crippen LogP contribution in [-0.2, 0) is 12.0 Å². The van der Waals surface area contributed by atoms with Crippen LogP contribution in [0.15, 0.2) is 85.2 Å². The van der Waals surface area contributed by atoms with Crippen molar-refractivity contribution >= 4 is 10.9 Å². The highest BCUT2D eigenvalue weighted by molar-refractivity contribution is 5.88. The highest BCUT2D eigenvalue weighted by Crippen LogP contribution is 2.43. The minimum Gasteiger partial charge on any atom is -0.619 e. The Morgan fingerprint density at radius 1 is 0.900 bits per heavy atom. The Labute approximate surface area is 233 Å². The second kappa shape index (κ2) is 10.8. The van der Waals surface area contributed by atoms with Gasteiger partial charge in [-0.2, -0.15) is 4.73 Å². The third-order valence-electron chi connectivity index (χ3n) is 6.69. The van der Waals surface area contributed by atoms with Gasteiger partial charge in [0, 0.05) is 23.8 Å². The van der Waals surface area contributed by atoms with Gasteiger partial charge in [-0.1, -0.05) is 57.2 Å². The van der Waals surface area contributed by atoms with Gasteiger partial charge in [-0.15, -0.1) is 0 Å². The maximum atomic E-state index is 13.9. The molecule has 40 heavy (non-hydrogen) atoms. The van der Waals surface area contributed by atoms with Crippen molar-refractivity contribution in [3.63, 3.8) is 0 Å². The first-order valence-corrected chi connectivity index (χ1v) is 13.0. The molecule has 0 bridgehead atoms. The Morgan fingerprint density at radius 3 is 2.40 bits per heavy atom. The molecule has 0 saturated heterocycles. The van der Waals surface area contributed by atoms with Gasteiger partial charge in [0.25, 0.3) is 0 Å². The highest BCUT2D eigenvalue weighted by Gasteiger charge is 2.23. The lowest BCUT2D eigenvalue weighted by atomic mass is 9.84. The number of methoxy groups -OCH3 is 1. The summed E-state index contributed by atoms with van der Waals surface area (Å²) in [5.74, 6) is 1.31. The molecule has 5 aromatic rings. The number of halogens is 1. The molecular formula is C33H31FN2O4. The molecule has 3 aromatic carbocycles. The summed E-state index contributed by atoms with van der Waals surface area (Å²) in [6.45, 7) is 8.72. The molecule has 0 aliphatic heterocycles. The number of nitrogens with zero attached hydrogens (tertiary/aromatic N) is 2. The number of ether oxygens (including phenoxy) is 3. The number of benzene rings is 3. The number of pyridine rings is 2. The Kier molecular flexibility index (Phi) is 7.30. The minimum absolute atomic E-state index is 0.156. The second-order valence-corrected chi connectivity index (χ2v) is 10.7. The summed E-state index contributed by atoms with van der Waals surface area (Å²) in [7, 11) is 1.48. The summed E-state index contributed by atoms with van der Waals surface area (Å²) in [4.78, 5) is 4.91. The van der Waals surface area contributed by atoms with Crippen molar-refractivity contribution in [3.05, 3.63) is 113 Å². The first-order chi connectivity index (χ1) is 19.1. The molecule has 2 aromatic heterocycles. The van der Waals surface area contributed by atoms with Crippen molar-refractivity contribution in [2.45, 2.75) is 39.7 Å². The summed E-state index contributed by atoms with van der Waals surface area (Å²) in [6, 6.07) is 21.6. The van der Waals surface area contributed by atoms with Crippen LogP contribution in [0, 0.1) is 17.9 Å². The molecule has 0 amide bonds. The van der Waals surface area contributed by atoms with E-state index in [1.807, 2.05) is 49.4 Å². The number of fused-ring (bicyclic) bond motifs is 1. The van der Waals surface area contributed by atoms with Crippen LogP contribution < -0.4 is 18.9 Å². The molecule has 0 aliphatic rings. The summed E-state index contributed by atoms with van der Waals surface area (Å²) in [5.41, 5.74) is 4.84. The van der Waals surface area contributed by atoms with Crippen LogP contribution in [0.1, 0.15) is 37.5 Å². The van der Waals surface area contributed by atoms with Gasteiger partial charge in [-0.25, -0.2) is 9.37 Å². The van der Waals surface area contributed by atoms with Crippen molar-refractivity contribution in [1.29, 1.82) is 0 Å². The maximum Gasteiger partial charge on any atom is 0.193 e. The van der Waals surface area contributed by atoms with E-state index in [0.717, 1.165) is 27.0 Å². The van der Waals surface area contributed by atoms with Crippen LogP contribution in [-0.4, -0.2) is 12.1 Å². The number of rotatable bonds is 7. The quantitative estimate of drug-likeness (QED) is 0.157. The lowest BCUT2D eigenvalue weighted by molar-refractivity contribution is -0.603. The monoisotopic (exact) mass is 538 g/mol. The van der Waals surface area contributed by atoms with E-state index in [9.17, 15) is 9.60 Å². The zero-order valence-corrected chi connectivity index (χ0v) is 23.2. The largest absolute Gasteiger partial charge is 0.619 e. The molecule has 2 heterocycles. The Bertz CT molecular complexity index is 1680. The zero-order valence-electron chi connectivity index (χ0n) is 23.2. The summed E-state index contributed by atoms with van der Waals surface area (Å²) in [6.07, 6.45) is 2.87. The number of hydrogen-bond donors (Lipinski definition) is 0. The number of aryl methyl sites for hydroxylation is 1. The molecule has 0 aliphatic carbocycles. The normalized spacial score (nSPS) is 11.4.